The number of hydrogen-bond acceptors (Lipinski definition) is 0. The van der Waals surface area contributed by atoms with Crippen molar-refractivity contribution in [2.75, 3.05) is 0 Å². The first-order valence-corrected chi connectivity index (χ1v) is 7.39. The monoisotopic (exact) mass is 330 g/mol. The third-order valence-corrected chi connectivity index (χ3v) is 3.91. The van der Waals surface area contributed by atoms with Crippen LogP contribution in [0.1, 0.15) is 11.1 Å². The van der Waals surface area contributed by atoms with Gasteiger partial charge in [0, 0.05) is 22.3 Å². The fraction of sp³-hybridized carbons (Fsp3) is 0.100. The van der Waals surface area contributed by atoms with E-state index >= 15 is 0 Å². The van der Waals surface area contributed by atoms with Crippen LogP contribution in [0.5, 0.6) is 0 Å². The van der Waals surface area contributed by atoms with E-state index in [1.54, 1.807) is 26.0 Å². The summed E-state index contributed by atoms with van der Waals surface area (Å²) in [6, 6.07) is 11.1. The lowest BCUT2D eigenvalue weighted by Crippen LogP contribution is -1.97. The second-order valence-electron chi connectivity index (χ2n) is 5.76. The van der Waals surface area contributed by atoms with Crippen molar-refractivity contribution >= 4 is 0 Å². The van der Waals surface area contributed by atoms with E-state index in [0.717, 1.165) is 0 Å². The van der Waals surface area contributed by atoms with Crippen molar-refractivity contribution in [3.63, 3.8) is 0 Å². The van der Waals surface area contributed by atoms with Gasteiger partial charge in [-0.25, -0.2) is 17.6 Å². The van der Waals surface area contributed by atoms with Crippen molar-refractivity contribution in [1.29, 1.82) is 0 Å². The number of benzene rings is 3. The zero-order valence-electron chi connectivity index (χ0n) is 13.1. The summed E-state index contributed by atoms with van der Waals surface area (Å²) < 4.78 is 57.0. The van der Waals surface area contributed by atoms with Crippen LogP contribution in [-0.2, 0) is 0 Å². The highest BCUT2D eigenvalue weighted by Gasteiger charge is 2.19. The first-order chi connectivity index (χ1) is 11.4. The van der Waals surface area contributed by atoms with Gasteiger partial charge in [0.05, 0.1) is 0 Å². The van der Waals surface area contributed by atoms with Crippen molar-refractivity contribution < 1.29 is 17.6 Å². The van der Waals surface area contributed by atoms with Crippen molar-refractivity contribution in [3.8, 4) is 22.3 Å². The van der Waals surface area contributed by atoms with Gasteiger partial charge in [-0.2, -0.15) is 0 Å². The van der Waals surface area contributed by atoms with Gasteiger partial charge in [0.1, 0.15) is 11.6 Å². The zero-order chi connectivity index (χ0) is 17.4. The average molecular weight is 330 g/mol. The van der Waals surface area contributed by atoms with Crippen LogP contribution in [-0.4, -0.2) is 0 Å². The summed E-state index contributed by atoms with van der Waals surface area (Å²) >= 11 is 0. The molecule has 4 heteroatoms. The van der Waals surface area contributed by atoms with Crippen molar-refractivity contribution in [2.24, 2.45) is 0 Å². The molecule has 0 atom stereocenters. The minimum atomic E-state index is -1.20. The van der Waals surface area contributed by atoms with Crippen LogP contribution in [0.15, 0.2) is 48.5 Å². The Balaban J connectivity index is 2.16. The third-order valence-electron chi connectivity index (χ3n) is 3.91. The average Bonchev–Trinajstić information content (AvgIpc) is 2.52. The minimum absolute atomic E-state index is 0.0343. The maximum atomic E-state index is 14.5. The van der Waals surface area contributed by atoms with Crippen LogP contribution in [0, 0.1) is 37.1 Å². The number of aryl methyl sites for hydroxylation is 2. The van der Waals surface area contributed by atoms with Gasteiger partial charge in [-0.05, 0) is 37.1 Å². The molecule has 0 bridgehead atoms. The van der Waals surface area contributed by atoms with Gasteiger partial charge in [-0.1, -0.05) is 36.4 Å². The van der Waals surface area contributed by atoms with Gasteiger partial charge in [-0.3, -0.25) is 0 Å². The van der Waals surface area contributed by atoms with Crippen LogP contribution < -0.4 is 0 Å². The second kappa shape index (κ2) is 6.11. The Hall–Kier alpha value is -2.62. The molecule has 0 fully saturated rings. The van der Waals surface area contributed by atoms with E-state index in [-0.39, 0.29) is 22.3 Å². The Morgan fingerprint density at radius 3 is 1.17 bits per heavy atom. The van der Waals surface area contributed by atoms with Gasteiger partial charge >= 0.3 is 0 Å². The van der Waals surface area contributed by atoms with Gasteiger partial charge in [0.25, 0.3) is 0 Å². The number of hydrogen-bond donors (Lipinski definition) is 0. The number of halogens is 4. The van der Waals surface area contributed by atoms with Crippen LogP contribution >= 0.6 is 0 Å². The molecular formula is C20H14F4. The van der Waals surface area contributed by atoms with Gasteiger partial charge < -0.3 is 0 Å². The topological polar surface area (TPSA) is 0 Å². The predicted molar refractivity (Wildman–Crippen MR) is 86.6 cm³/mol. The summed E-state index contributed by atoms with van der Waals surface area (Å²) in [6.07, 6.45) is 0. The Labute approximate surface area is 137 Å². The van der Waals surface area contributed by atoms with Crippen LogP contribution in [0.2, 0.25) is 0 Å². The normalized spacial score (nSPS) is 10.9. The van der Waals surface area contributed by atoms with Crippen molar-refractivity contribution in [3.05, 3.63) is 82.9 Å². The quantitative estimate of drug-likeness (QED) is 0.491. The van der Waals surface area contributed by atoms with E-state index in [1.807, 2.05) is 0 Å². The third kappa shape index (κ3) is 2.80. The minimum Gasteiger partial charge on any atom is -0.206 e. The van der Waals surface area contributed by atoms with E-state index in [0.29, 0.717) is 11.1 Å². The van der Waals surface area contributed by atoms with E-state index in [4.69, 9.17) is 0 Å². The molecule has 0 radical (unpaired) electrons. The van der Waals surface area contributed by atoms with Gasteiger partial charge in [0.15, 0.2) is 11.6 Å². The SMILES string of the molecule is Cc1ccc(-c2ccc(-c3ccc(C)cc3F)c(F)c2F)c(F)c1. The molecule has 0 N–H and O–H groups in total. The Morgan fingerprint density at radius 2 is 0.833 bits per heavy atom. The molecule has 3 aromatic carbocycles. The maximum absolute atomic E-state index is 14.5. The Kier molecular flexibility index (Phi) is 4.14. The summed E-state index contributed by atoms with van der Waals surface area (Å²) in [4.78, 5) is 0. The van der Waals surface area contributed by atoms with E-state index in [2.05, 4.69) is 0 Å². The molecule has 0 aromatic heterocycles. The molecule has 122 valence electrons. The maximum Gasteiger partial charge on any atom is 0.167 e. The lowest BCUT2D eigenvalue weighted by atomic mass is 9.97. The molecule has 3 rings (SSSR count). The van der Waals surface area contributed by atoms with Gasteiger partial charge in [-0.15, -0.1) is 0 Å². The van der Waals surface area contributed by atoms with E-state index < -0.39 is 23.3 Å². The standard InChI is InChI=1S/C20H14F4/c1-11-3-5-13(17(21)9-11)15-7-8-16(20(24)19(15)23)14-6-4-12(2)10-18(14)22/h3-10H,1-2H3. The highest BCUT2D eigenvalue weighted by atomic mass is 19.2. The molecule has 0 amide bonds. The predicted octanol–water partition coefficient (Wildman–Crippen LogP) is 6.19. The first-order valence-electron chi connectivity index (χ1n) is 7.39. The molecule has 0 aliphatic rings. The lowest BCUT2D eigenvalue weighted by Gasteiger charge is -2.11. The van der Waals surface area contributed by atoms with Crippen LogP contribution in [0.3, 0.4) is 0 Å². The molecular weight excluding hydrogens is 316 g/mol. The molecule has 0 heterocycles. The van der Waals surface area contributed by atoms with Crippen LogP contribution in [0.25, 0.3) is 22.3 Å². The highest BCUT2D eigenvalue weighted by molar-refractivity contribution is 5.72. The molecule has 3 aromatic rings. The lowest BCUT2D eigenvalue weighted by molar-refractivity contribution is 0.511. The molecule has 0 saturated heterocycles. The molecule has 0 aliphatic heterocycles. The molecule has 0 saturated carbocycles. The zero-order valence-corrected chi connectivity index (χ0v) is 13.1. The Morgan fingerprint density at radius 1 is 0.500 bits per heavy atom. The summed E-state index contributed by atoms with van der Waals surface area (Å²) in [7, 11) is 0. The Bertz CT molecular complexity index is 853. The van der Waals surface area contributed by atoms with E-state index in [1.165, 1.54) is 36.4 Å². The van der Waals surface area contributed by atoms with Crippen molar-refractivity contribution in [2.45, 2.75) is 13.8 Å². The van der Waals surface area contributed by atoms with E-state index in [9.17, 15) is 17.6 Å². The summed E-state index contributed by atoms with van der Waals surface area (Å²) in [5, 5.41) is 0. The molecule has 24 heavy (non-hydrogen) atoms. The summed E-state index contributed by atoms with van der Waals surface area (Å²) in [5.41, 5.74) is 0.898. The smallest absolute Gasteiger partial charge is 0.167 e. The molecule has 0 aliphatic carbocycles. The summed E-state index contributed by atoms with van der Waals surface area (Å²) in [6.45, 7) is 3.40. The summed E-state index contributed by atoms with van der Waals surface area (Å²) in [5.74, 6) is -3.67. The fourth-order valence-corrected chi connectivity index (χ4v) is 2.64. The second-order valence-corrected chi connectivity index (χ2v) is 5.76. The van der Waals surface area contributed by atoms with Crippen molar-refractivity contribution in [1.82, 2.24) is 0 Å². The highest BCUT2D eigenvalue weighted by Crippen LogP contribution is 2.34. The molecule has 0 unspecified atom stereocenters. The fourth-order valence-electron chi connectivity index (χ4n) is 2.64. The largest absolute Gasteiger partial charge is 0.206 e. The van der Waals surface area contributed by atoms with Gasteiger partial charge in [0.2, 0.25) is 0 Å². The van der Waals surface area contributed by atoms with Crippen LogP contribution in [0.4, 0.5) is 17.6 Å². The molecule has 0 spiro atoms. The molecule has 0 nitrogen and oxygen atoms in total. The number of rotatable bonds is 2. The first kappa shape index (κ1) is 16.2.